The Morgan fingerprint density at radius 1 is 0.767 bits per heavy atom. The van der Waals surface area contributed by atoms with E-state index in [9.17, 15) is 0 Å². The summed E-state index contributed by atoms with van der Waals surface area (Å²) in [6.07, 6.45) is 2.18. The van der Waals surface area contributed by atoms with E-state index in [1.54, 1.807) is 4.90 Å². The number of H-pyrrole nitrogens is 1. The molecule has 0 atom stereocenters. The number of quaternary nitrogens is 1. The number of piperazine rings is 1. The summed E-state index contributed by atoms with van der Waals surface area (Å²) in [4.78, 5) is 7.68. The minimum absolute atomic E-state index is 0. The third kappa shape index (κ3) is 4.17. The highest BCUT2D eigenvalue weighted by Gasteiger charge is 2.30. The molecule has 0 amide bonds. The van der Waals surface area contributed by atoms with Crippen LogP contribution in [-0.4, -0.2) is 41.5 Å². The van der Waals surface area contributed by atoms with Crippen molar-refractivity contribution in [2.45, 2.75) is 12.6 Å². The Hall–Kier alpha value is -2.92. The quantitative estimate of drug-likeness (QED) is 0.540. The topological polar surface area (TPSA) is 53.5 Å². The molecule has 2 heterocycles. The molecule has 0 radical (unpaired) electrons. The van der Waals surface area contributed by atoms with Crippen LogP contribution in [0.15, 0.2) is 91.1 Å². The fraction of sp³-hybridized carbons (Fsp3) is 0.231. The van der Waals surface area contributed by atoms with Crippen LogP contribution in [0.2, 0.25) is 0 Å². The van der Waals surface area contributed by atoms with Gasteiger partial charge in [0.15, 0.2) is 0 Å². The molecule has 154 valence electrons. The predicted octanol–water partition coefficient (Wildman–Crippen LogP) is 3.48. The molecule has 4 heteroatoms. The van der Waals surface area contributed by atoms with Crippen molar-refractivity contribution in [2.24, 2.45) is 0 Å². The van der Waals surface area contributed by atoms with Crippen molar-refractivity contribution < 1.29 is 10.4 Å². The molecule has 4 nitrogen and oxygen atoms in total. The van der Waals surface area contributed by atoms with Crippen LogP contribution in [0, 0.1) is 0 Å². The summed E-state index contributed by atoms with van der Waals surface area (Å²) in [5, 5.41) is 1.36. The van der Waals surface area contributed by atoms with Gasteiger partial charge < -0.3 is 15.4 Å². The highest BCUT2D eigenvalue weighted by atomic mass is 16.0. The van der Waals surface area contributed by atoms with Crippen molar-refractivity contribution >= 4 is 10.9 Å². The van der Waals surface area contributed by atoms with Crippen LogP contribution in [0.25, 0.3) is 10.9 Å². The van der Waals surface area contributed by atoms with Crippen molar-refractivity contribution in [3.05, 3.63) is 108 Å². The Kier molecular flexibility index (Phi) is 6.29. The maximum Gasteiger partial charge on any atom is 0.139 e. The maximum absolute atomic E-state index is 3.42. The Labute approximate surface area is 178 Å². The van der Waals surface area contributed by atoms with Gasteiger partial charge in [0.1, 0.15) is 6.04 Å². The van der Waals surface area contributed by atoms with Crippen LogP contribution in [-0.2, 0) is 6.54 Å². The molecule has 5 rings (SSSR count). The molecular formula is C26H29N3O. The summed E-state index contributed by atoms with van der Waals surface area (Å²) in [7, 11) is 0. The number of nitrogens with zero attached hydrogens (tertiary/aromatic N) is 1. The van der Waals surface area contributed by atoms with Gasteiger partial charge in [0.05, 0.1) is 13.1 Å². The number of para-hydroxylation sites is 1. The number of aromatic amines is 1. The first-order valence-corrected chi connectivity index (χ1v) is 10.6. The van der Waals surface area contributed by atoms with E-state index < -0.39 is 0 Å². The van der Waals surface area contributed by atoms with E-state index >= 15 is 0 Å². The molecule has 0 unspecified atom stereocenters. The van der Waals surface area contributed by atoms with Crippen molar-refractivity contribution in [3.63, 3.8) is 0 Å². The first-order valence-electron chi connectivity index (χ1n) is 10.6. The van der Waals surface area contributed by atoms with Gasteiger partial charge in [0.2, 0.25) is 0 Å². The van der Waals surface area contributed by atoms with Gasteiger partial charge in [-0.15, -0.1) is 0 Å². The van der Waals surface area contributed by atoms with Crippen LogP contribution in [0.4, 0.5) is 0 Å². The number of benzene rings is 3. The summed E-state index contributed by atoms with van der Waals surface area (Å²) in [5.41, 5.74) is 5.48. The normalized spacial score (nSPS) is 15.4. The molecule has 4 aromatic rings. The second-order valence-electron chi connectivity index (χ2n) is 8.05. The smallest absolute Gasteiger partial charge is 0.139 e. The molecule has 1 fully saturated rings. The van der Waals surface area contributed by atoms with E-state index in [0.717, 1.165) is 32.7 Å². The van der Waals surface area contributed by atoms with E-state index in [2.05, 4.69) is 101 Å². The van der Waals surface area contributed by atoms with E-state index in [-0.39, 0.29) is 5.48 Å². The molecule has 1 saturated heterocycles. The average molecular weight is 400 g/mol. The fourth-order valence-electron chi connectivity index (χ4n) is 4.75. The van der Waals surface area contributed by atoms with Gasteiger partial charge in [-0.1, -0.05) is 78.9 Å². The van der Waals surface area contributed by atoms with Crippen LogP contribution in [0.5, 0.6) is 0 Å². The minimum atomic E-state index is 0. The SMILES string of the molecule is [OH-].c1ccc(C(c2ccccc2)[NH+]2CCN(Cc3c[nH]c4ccccc34)CC2)cc1. The fourth-order valence-corrected chi connectivity index (χ4v) is 4.75. The lowest BCUT2D eigenvalue weighted by atomic mass is 9.96. The predicted molar refractivity (Wildman–Crippen MR) is 121 cm³/mol. The molecule has 0 bridgehead atoms. The number of hydrogen-bond acceptors (Lipinski definition) is 2. The molecule has 3 N–H and O–H groups in total. The molecule has 1 aliphatic rings. The van der Waals surface area contributed by atoms with E-state index in [0.29, 0.717) is 6.04 Å². The molecule has 0 aliphatic carbocycles. The largest absolute Gasteiger partial charge is 0.870 e. The van der Waals surface area contributed by atoms with E-state index in [1.165, 1.54) is 27.6 Å². The van der Waals surface area contributed by atoms with Gasteiger partial charge in [-0.3, -0.25) is 4.90 Å². The first kappa shape index (κ1) is 20.4. The zero-order valence-electron chi connectivity index (χ0n) is 17.2. The Balaban J connectivity index is 0.00000218. The van der Waals surface area contributed by atoms with Crippen molar-refractivity contribution in [1.29, 1.82) is 0 Å². The van der Waals surface area contributed by atoms with Gasteiger partial charge in [-0.2, -0.15) is 0 Å². The molecule has 0 saturated carbocycles. The number of aromatic nitrogens is 1. The summed E-state index contributed by atoms with van der Waals surface area (Å²) in [5.74, 6) is 0. The van der Waals surface area contributed by atoms with Gasteiger partial charge in [0.25, 0.3) is 0 Å². The first-order chi connectivity index (χ1) is 14.4. The van der Waals surface area contributed by atoms with Gasteiger partial charge >= 0.3 is 0 Å². The standard InChI is InChI=1S/C26H27N3.H2O/c1-3-9-21(10-4-1)26(22-11-5-2-6-12-22)29-17-15-28(16-18-29)20-23-19-27-25-14-8-7-13-24(23)25;/h1-14,19,26-27H,15-18,20H2;1H2. The van der Waals surface area contributed by atoms with Crippen LogP contribution >= 0.6 is 0 Å². The summed E-state index contributed by atoms with van der Waals surface area (Å²) >= 11 is 0. The maximum atomic E-state index is 3.42. The summed E-state index contributed by atoms with van der Waals surface area (Å²) < 4.78 is 0. The summed E-state index contributed by atoms with van der Waals surface area (Å²) in [6, 6.07) is 31.0. The molecule has 3 aromatic carbocycles. The van der Waals surface area contributed by atoms with E-state index in [4.69, 9.17) is 0 Å². The Morgan fingerprint density at radius 2 is 1.33 bits per heavy atom. The highest BCUT2D eigenvalue weighted by molar-refractivity contribution is 5.82. The lowest BCUT2D eigenvalue weighted by molar-refractivity contribution is -0.930. The molecule has 0 spiro atoms. The zero-order chi connectivity index (χ0) is 19.5. The second kappa shape index (κ2) is 9.26. The number of fused-ring (bicyclic) bond motifs is 1. The number of hydrogen-bond donors (Lipinski definition) is 2. The molecule has 1 aliphatic heterocycles. The Morgan fingerprint density at radius 3 is 1.97 bits per heavy atom. The summed E-state index contributed by atoms with van der Waals surface area (Å²) in [6.45, 7) is 5.61. The monoisotopic (exact) mass is 399 g/mol. The van der Waals surface area contributed by atoms with Gasteiger partial charge in [-0.05, 0) is 11.6 Å². The van der Waals surface area contributed by atoms with Gasteiger partial charge in [-0.25, -0.2) is 0 Å². The highest BCUT2D eigenvalue weighted by Crippen LogP contribution is 2.21. The Bertz CT molecular complexity index is 1010. The molecular weight excluding hydrogens is 370 g/mol. The average Bonchev–Trinajstić information content (AvgIpc) is 3.20. The third-order valence-corrected chi connectivity index (χ3v) is 6.24. The second-order valence-corrected chi connectivity index (χ2v) is 8.05. The van der Waals surface area contributed by atoms with Gasteiger partial charge in [0, 0.05) is 47.9 Å². The zero-order valence-corrected chi connectivity index (χ0v) is 17.2. The van der Waals surface area contributed by atoms with Crippen LogP contribution in [0.3, 0.4) is 0 Å². The number of nitrogens with one attached hydrogen (secondary N) is 2. The number of rotatable bonds is 5. The lowest BCUT2D eigenvalue weighted by Gasteiger charge is -2.37. The van der Waals surface area contributed by atoms with E-state index in [1.807, 2.05) is 0 Å². The molecule has 30 heavy (non-hydrogen) atoms. The van der Waals surface area contributed by atoms with Crippen LogP contribution < -0.4 is 4.90 Å². The van der Waals surface area contributed by atoms with Crippen LogP contribution in [0.1, 0.15) is 22.7 Å². The minimum Gasteiger partial charge on any atom is -0.870 e. The van der Waals surface area contributed by atoms with Crippen molar-refractivity contribution in [1.82, 2.24) is 9.88 Å². The third-order valence-electron chi connectivity index (χ3n) is 6.24. The van der Waals surface area contributed by atoms with Crippen molar-refractivity contribution in [3.8, 4) is 0 Å². The molecule has 1 aromatic heterocycles. The van der Waals surface area contributed by atoms with Crippen molar-refractivity contribution in [2.75, 3.05) is 26.2 Å². The lowest BCUT2D eigenvalue weighted by Crippen LogP contribution is -3.15.